The first-order valence-electron chi connectivity index (χ1n) is 5.37. The van der Waals surface area contributed by atoms with Crippen molar-refractivity contribution >= 4 is 12.2 Å². The predicted octanol–water partition coefficient (Wildman–Crippen LogP) is 3.81. The molecule has 0 saturated carbocycles. The Labute approximate surface area is 86.6 Å². The summed E-state index contributed by atoms with van der Waals surface area (Å²) in [4.78, 5) is 0. The topological polar surface area (TPSA) is 0 Å². The Morgan fingerprint density at radius 1 is 0.929 bits per heavy atom. The molecule has 0 unspecified atom stereocenters. The quantitative estimate of drug-likeness (QED) is 0.668. The molecule has 0 spiro atoms. The van der Waals surface area contributed by atoms with Crippen LogP contribution in [0.5, 0.6) is 0 Å². The zero-order valence-electron chi connectivity index (χ0n) is 9.33. The van der Waals surface area contributed by atoms with Crippen LogP contribution < -0.4 is 5.30 Å². The number of hydrogen-bond donors (Lipinski definition) is 0. The van der Waals surface area contributed by atoms with Crippen LogP contribution in [0.25, 0.3) is 0 Å². The molecule has 1 aromatic rings. The molecular weight excluding hydrogens is 194 g/mol. The Morgan fingerprint density at radius 3 is 1.71 bits per heavy atom. The minimum atomic E-state index is -3.07. The summed E-state index contributed by atoms with van der Waals surface area (Å²) < 4.78 is 15.2. The summed E-state index contributed by atoms with van der Waals surface area (Å²) in [5.74, 6) is 0. The monoisotopic (exact) mass is 214 g/mol. The summed E-state index contributed by atoms with van der Waals surface area (Å²) in [5, 5.41) is 0.950. The predicted molar refractivity (Wildman–Crippen MR) is 65.7 cm³/mol. The third kappa shape index (κ3) is 1.70. The van der Waals surface area contributed by atoms with Crippen LogP contribution in [0.3, 0.4) is 0 Å². The Morgan fingerprint density at radius 2 is 1.36 bits per heavy atom. The van der Waals surface area contributed by atoms with E-state index in [4.69, 9.17) is 0 Å². The van der Waals surface area contributed by atoms with E-state index in [2.05, 4.69) is 0 Å². The van der Waals surface area contributed by atoms with E-state index in [1.165, 1.54) is 0 Å². The molecule has 0 bridgehead atoms. The van der Waals surface area contributed by atoms with Crippen LogP contribution in [-0.4, -0.2) is 18.5 Å². The molecule has 0 amide bonds. The maximum absolute atomic E-state index is 15.2. The summed E-state index contributed by atoms with van der Waals surface area (Å²) in [6.45, 7) is 2.88. The second-order valence-electron chi connectivity index (χ2n) is 3.87. The third-order valence-electron chi connectivity index (χ3n) is 3.58. The van der Waals surface area contributed by atoms with E-state index in [1.54, 1.807) is 0 Å². The van der Waals surface area contributed by atoms with Crippen LogP contribution >= 0.6 is 6.91 Å². The van der Waals surface area contributed by atoms with E-state index < -0.39 is 6.91 Å². The van der Waals surface area contributed by atoms with E-state index in [1.807, 2.05) is 51.1 Å². The van der Waals surface area contributed by atoms with Gasteiger partial charge < -0.3 is 0 Å². The average Bonchev–Trinajstić information content (AvgIpc) is 2.30. The van der Waals surface area contributed by atoms with Gasteiger partial charge in [-0.25, -0.2) is 0 Å². The van der Waals surface area contributed by atoms with Crippen molar-refractivity contribution in [3.05, 3.63) is 30.3 Å². The van der Waals surface area contributed by atoms with Gasteiger partial charge in [0.1, 0.15) is 0 Å². The van der Waals surface area contributed by atoms with Crippen LogP contribution in [-0.2, 0) is 0 Å². The van der Waals surface area contributed by atoms with Gasteiger partial charge in [-0.15, -0.1) is 0 Å². The summed E-state index contributed by atoms with van der Waals surface area (Å²) >= 11 is 0. The first-order valence-corrected chi connectivity index (χ1v) is 8.06. The molecular formula is C12H20FP. The van der Waals surface area contributed by atoms with E-state index in [9.17, 15) is 0 Å². The van der Waals surface area contributed by atoms with E-state index in [0.29, 0.717) is 18.5 Å². The molecule has 0 atom stereocenters. The van der Waals surface area contributed by atoms with Gasteiger partial charge in [0.25, 0.3) is 0 Å². The first kappa shape index (κ1) is 11.7. The van der Waals surface area contributed by atoms with Crippen LogP contribution in [0.2, 0.25) is 0 Å². The molecule has 0 aliphatic heterocycles. The van der Waals surface area contributed by atoms with Crippen LogP contribution in [0.1, 0.15) is 20.8 Å². The van der Waals surface area contributed by atoms with Crippen molar-refractivity contribution in [3.8, 4) is 0 Å². The van der Waals surface area contributed by atoms with Gasteiger partial charge >= 0.3 is 86.0 Å². The van der Waals surface area contributed by atoms with Crippen molar-refractivity contribution in [3.63, 3.8) is 0 Å². The van der Waals surface area contributed by atoms with Gasteiger partial charge in [-0.05, 0) is 0 Å². The van der Waals surface area contributed by atoms with Gasteiger partial charge in [0, 0.05) is 0 Å². The molecule has 0 aliphatic carbocycles. The molecule has 0 N–H and O–H groups in total. The van der Waals surface area contributed by atoms with Gasteiger partial charge in [0.05, 0.1) is 0 Å². The van der Waals surface area contributed by atoms with E-state index in [0.717, 1.165) is 5.30 Å². The molecule has 1 aromatic carbocycles. The first-order chi connectivity index (χ1) is 6.59. The van der Waals surface area contributed by atoms with Crippen LogP contribution in [0.15, 0.2) is 30.3 Å². The summed E-state index contributed by atoms with van der Waals surface area (Å²) in [7, 11) is 0. The molecule has 0 aromatic heterocycles. The van der Waals surface area contributed by atoms with Crippen LogP contribution in [0.4, 0.5) is 4.20 Å². The molecule has 14 heavy (non-hydrogen) atoms. The number of halogens is 1. The average molecular weight is 214 g/mol. The van der Waals surface area contributed by atoms with Crippen molar-refractivity contribution in [2.24, 2.45) is 0 Å². The molecule has 0 aliphatic rings. The third-order valence-corrected chi connectivity index (χ3v) is 9.51. The van der Waals surface area contributed by atoms with Crippen molar-refractivity contribution in [2.45, 2.75) is 20.8 Å². The Kier molecular flexibility index (Phi) is 3.32. The second kappa shape index (κ2) is 3.98. The fourth-order valence-electron chi connectivity index (χ4n) is 2.02. The minimum absolute atomic E-state index is 0.669. The SMILES string of the molecule is CCP(F)(CC)(CC)c1ccccc1. The Hall–Kier alpha value is -0.420. The molecule has 0 heterocycles. The number of benzene rings is 1. The maximum atomic E-state index is 15.2. The van der Waals surface area contributed by atoms with Crippen molar-refractivity contribution < 1.29 is 4.20 Å². The number of hydrogen-bond acceptors (Lipinski definition) is 0. The molecule has 2 heteroatoms. The summed E-state index contributed by atoms with van der Waals surface area (Å²) in [6.07, 6.45) is 2.01. The zero-order chi connectivity index (χ0) is 10.7. The van der Waals surface area contributed by atoms with Crippen molar-refractivity contribution in [1.82, 2.24) is 0 Å². The Balaban J connectivity index is 3.25. The molecule has 80 valence electrons. The molecule has 0 fully saturated rings. The zero-order valence-corrected chi connectivity index (χ0v) is 10.2. The second-order valence-corrected chi connectivity index (χ2v) is 9.46. The fourth-order valence-corrected chi connectivity index (χ4v) is 5.37. The van der Waals surface area contributed by atoms with E-state index >= 15 is 4.20 Å². The fraction of sp³-hybridized carbons (Fsp3) is 0.500. The van der Waals surface area contributed by atoms with Gasteiger partial charge in [0.15, 0.2) is 0 Å². The standard InChI is InChI=1S/C12H20FP/c1-4-14(13,5-2,6-3)12-10-8-7-9-11-12/h7-11H,4-6H2,1-3H3. The Bertz CT molecular complexity index is 279. The summed E-state index contributed by atoms with van der Waals surface area (Å²) in [6, 6.07) is 9.74. The van der Waals surface area contributed by atoms with Gasteiger partial charge in [-0.3, -0.25) is 0 Å². The van der Waals surface area contributed by atoms with Gasteiger partial charge in [0.2, 0.25) is 0 Å². The van der Waals surface area contributed by atoms with Crippen molar-refractivity contribution in [1.29, 1.82) is 0 Å². The summed E-state index contributed by atoms with van der Waals surface area (Å²) in [5.41, 5.74) is 0. The molecule has 0 radical (unpaired) electrons. The molecule has 0 saturated heterocycles. The normalized spacial score (nSPS) is 14.7. The molecule has 1 rings (SSSR count). The van der Waals surface area contributed by atoms with E-state index in [-0.39, 0.29) is 0 Å². The van der Waals surface area contributed by atoms with Crippen LogP contribution in [0, 0.1) is 0 Å². The number of rotatable bonds is 4. The van der Waals surface area contributed by atoms with Crippen molar-refractivity contribution in [2.75, 3.05) is 18.5 Å². The van der Waals surface area contributed by atoms with Gasteiger partial charge in [-0.2, -0.15) is 0 Å². The van der Waals surface area contributed by atoms with Gasteiger partial charge in [-0.1, -0.05) is 0 Å². The molecule has 0 nitrogen and oxygen atoms in total.